The van der Waals surface area contributed by atoms with E-state index in [9.17, 15) is 4.79 Å². The number of nitrogens with zero attached hydrogens (tertiary/aromatic N) is 1. The molecule has 0 radical (unpaired) electrons. The van der Waals surface area contributed by atoms with E-state index >= 15 is 0 Å². The number of benzene rings is 1. The predicted molar refractivity (Wildman–Crippen MR) is 84.6 cm³/mol. The van der Waals surface area contributed by atoms with Crippen LogP contribution >= 0.6 is 0 Å². The number of nitrogens with one attached hydrogen (secondary N) is 1. The second-order valence-corrected chi connectivity index (χ2v) is 5.01. The van der Waals surface area contributed by atoms with E-state index in [2.05, 4.69) is 12.2 Å². The van der Waals surface area contributed by atoms with Crippen molar-refractivity contribution in [1.29, 1.82) is 5.26 Å². The van der Waals surface area contributed by atoms with Gasteiger partial charge in [-0.1, -0.05) is 13.3 Å². The topological polar surface area (TPSA) is 71.3 Å². The first-order valence-electron chi connectivity index (χ1n) is 7.69. The van der Waals surface area contributed by atoms with Crippen LogP contribution in [-0.4, -0.2) is 31.8 Å². The second-order valence-electron chi connectivity index (χ2n) is 5.01. The second kappa shape index (κ2) is 10.6. The average Bonchev–Trinajstić information content (AvgIpc) is 2.54. The maximum Gasteiger partial charge on any atom is 0.260 e. The SMILES string of the molecule is CCCCOCCCNC(=O)C(C)Oc1ccc(C#N)cc1. The van der Waals surface area contributed by atoms with E-state index in [4.69, 9.17) is 14.7 Å². The molecular weight excluding hydrogens is 280 g/mol. The van der Waals surface area contributed by atoms with E-state index in [0.29, 0.717) is 24.5 Å². The molecule has 1 N–H and O–H groups in total. The van der Waals surface area contributed by atoms with Crippen LogP contribution in [0.15, 0.2) is 24.3 Å². The number of ether oxygens (including phenoxy) is 2. The molecule has 0 bridgehead atoms. The highest BCUT2D eigenvalue weighted by molar-refractivity contribution is 5.80. The molecule has 5 nitrogen and oxygen atoms in total. The van der Waals surface area contributed by atoms with Crippen molar-refractivity contribution in [2.24, 2.45) is 0 Å². The molecule has 1 amide bonds. The standard InChI is InChI=1S/C17H24N2O3/c1-3-4-11-21-12-5-10-19-17(20)14(2)22-16-8-6-15(13-18)7-9-16/h6-9,14H,3-5,10-12H2,1-2H3,(H,19,20). The number of nitriles is 1. The highest BCUT2D eigenvalue weighted by Crippen LogP contribution is 2.13. The summed E-state index contributed by atoms with van der Waals surface area (Å²) in [4.78, 5) is 11.9. The third-order valence-electron chi connectivity index (χ3n) is 3.07. The molecule has 1 aromatic rings. The Labute approximate surface area is 132 Å². The molecule has 0 heterocycles. The number of hydrogen-bond donors (Lipinski definition) is 1. The Morgan fingerprint density at radius 2 is 1.95 bits per heavy atom. The van der Waals surface area contributed by atoms with E-state index in [1.165, 1.54) is 0 Å². The van der Waals surface area contributed by atoms with Gasteiger partial charge >= 0.3 is 0 Å². The van der Waals surface area contributed by atoms with Gasteiger partial charge in [-0.05, 0) is 44.0 Å². The maximum atomic E-state index is 11.9. The minimum atomic E-state index is -0.575. The quantitative estimate of drug-likeness (QED) is 0.675. The Bertz CT molecular complexity index is 480. The van der Waals surface area contributed by atoms with E-state index in [0.717, 1.165) is 25.9 Å². The van der Waals surface area contributed by atoms with Gasteiger partial charge in [-0.2, -0.15) is 5.26 Å². The summed E-state index contributed by atoms with van der Waals surface area (Å²) in [5, 5.41) is 11.5. The highest BCUT2D eigenvalue weighted by atomic mass is 16.5. The van der Waals surface area contributed by atoms with Gasteiger partial charge in [0.2, 0.25) is 0 Å². The van der Waals surface area contributed by atoms with Gasteiger partial charge < -0.3 is 14.8 Å². The molecule has 0 aromatic heterocycles. The fourth-order valence-corrected chi connectivity index (χ4v) is 1.74. The molecule has 1 atom stereocenters. The number of hydrogen-bond acceptors (Lipinski definition) is 4. The number of carbonyl (C=O) groups excluding carboxylic acids is 1. The van der Waals surface area contributed by atoms with Crippen molar-refractivity contribution in [2.75, 3.05) is 19.8 Å². The Morgan fingerprint density at radius 1 is 1.27 bits per heavy atom. The lowest BCUT2D eigenvalue weighted by atomic mass is 10.2. The van der Waals surface area contributed by atoms with Gasteiger partial charge in [0.1, 0.15) is 5.75 Å². The van der Waals surface area contributed by atoms with Crippen LogP contribution in [0.3, 0.4) is 0 Å². The van der Waals surface area contributed by atoms with Gasteiger partial charge in [-0.3, -0.25) is 4.79 Å². The summed E-state index contributed by atoms with van der Waals surface area (Å²) < 4.78 is 11.0. The molecule has 22 heavy (non-hydrogen) atoms. The van der Waals surface area contributed by atoms with Crippen molar-refractivity contribution >= 4 is 5.91 Å². The van der Waals surface area contributed by atoms with Gasteiger partial charge in [0.25, 0.3) is 5.91 Å². The Hall–Kier alpha value is -2.06. The third-order valence-corrected chi connectivity index (χ3v) is 3.07. The Balaban J connectivity index is 2.20. The number of carbonyl (C=O) groups is 1. The molecule has 0 fully saturated rings. The zero-order chi connectivity index (χ0) is 16.2. The summed E-state index contributed by atoms with van der Waals surface area (Å²) in [6, 6.07) is 8.73. The van der Waals surface area contributed by atoms with Crippen LogP contribution in [0, 0.1) is 11.3 Å². The molecule has 0 saturated heterocycles. The lowest BCUT2D eigenvalue weighted by Gasteiger charge is -2.14. The molecule has 1 rings (SSSR count). The minimum Gasteiger partial charge on any atom is -0.481 e. The molecule has 120 valence electrons. The van der Waals surface area contributed by atoms with Gasteiger partial charge in [0, 0.05) is 19.8 Å². The molecule has 0 aliphatic heterocycles. The Kier molecular flexibility index (Phi) is 8.70. The zero-order valence-corrected chi connectivity index (χ0v) is 13.3. The normalized spacial score (nSPS) is 11.5. The lowest BCUT2D eigenvalue weighted by Crippen LogP contribution is -2.37. The molecule has 0 spiro atoms. The molecule has 0 aliphatic carbocycles. The van der Waals surface area contributed by atoms with E-state index in [1.54, 1.807) is 31.2 Å². The number of unbranched alkanes of at least 4 members (excludes halogenated alkanes) is 1. The van der Waals surface area contributed by atoms with Gasteiger partial charge in [0.15, 0.2) is 6.10 Å². The van der Waals surface area contributed by atoms with Gasteiger partial charge in [-0.25, -0.2) is 0 Å². The molecule has 0 aliphatic rings. The van der Waals surface area contributed by atoms with Crippen LogP contribution < -0.4 is 10.1 Å². The van der Waals surface area contributed by atoms with Crippen molar-refractivity contribution in [1.82, 2.24) is 5.32 Å². The first-order valence-corrected chi connectivity index (χ1v) is 7.69. The first kappa shape index (κ1) is 18.0. The number of amides is 1. The summed E-state index contributed by atoms with van der Waals surface area (Å²) in [5.74, 6) is 0.419. The first-order chi connectivity index (χ1) is 10.7. The average molecular weight is 304 g/mol. The highest BCUT2D eigenvalue weighted by Gasteiger charge is 2.13. The van der Waals surface area contributed by atoms with Crippen LogP contribution in [0.25, 0.3) is 0 Å². The smallest absolute Gasteiger partial charge is 0.260 e. The van der Waals surface area contributed by atoms with Crippen LogP contribution in [0.1, 0.15) is 38.7 Å². The minimum absolute atomic E-state index is 0.155. The van der Waals surface area contributed by atoms with Crippen molar-refractivity contribution in [3.8, 4) is 11.8 Å². The fraction of sp³-hybridized carbons (Fsp3) is 0.529. The van der Waals surface area contributed by atoms with Crippen molar-refractivity contribution in [2.45, 2.75) is 39.2 Å². The number of rotatable bonds is 10. The van der Waals surface area contributed by atoms with Crippen molar-refractivity contribution in [3.63, 3.8) is 0 Å². The van der Waals surface area contributed by atoms with Gasteiger partial charge in [-0.15, -0.1) is 0 Å². The zero-order valence-electron chi connectivity index (χ0n) is 13.3. The van der Waals surface area contributed by atoms with Crippen LogP contribution in [0.2, 0.25) is 0 Å². The summed E-state index contributed by atoms with van der Waals surface area (Å²) >= 11 is 0. The summed E-state index contributed by atoms with van der Waals surface area (Å²) in [5.41, 5.74) is 0.563. The van der Waals surface area contributed by atoms with E-state index < -0.39 is 6.10 Å². The molecule has 1 aromatic carbocycles. The molecule has 0 saturated carbocycles. The molecular formula is C17H24N2O3. The predicted octanol–water partition coefficient (Wildman–Crippen LogP) is 2.65. The summed E-state index contributed by atoms with van der Waals surface area (Å²) in [7, 11) is 0. The molecule has 5 heteroatoms. The summed E-state index contributed by atoms with van der Waals surface area (Å²) in [6.07, 6.45) is 2.41. The largest absolute Gasteiger partial charge is 0.481 e. The fourth-order valence-electron chi connectivity index (χ4n) is 1.74. The summed E-state index contributed by atoms with van der Waals surface area (Å²) in [6.45, 7) is 5.84. The van der Waals surface area contributed by atoms with Crippen molar-refractivity contribution in [3.05, 3.63) is 29.8 Å². The monoisotopic (exact) mass is 304 g/mol. The van der Waals surface area contributed by atoms with Crippen molar-refractivity contribution < 1.29 is 14.3 Å². The lowest BCUT2D eigenvalue weighted by molar-refractivity contribution is -0.127. The van der Waals surface area contributed by atoms with Crippen LogP contribution in [-0.2, 0) is 9.53 Å². The molecule has 1 unspecified atom stereocenters. The maximum absolute atomic E-state index is 11.9. The van der Waals surface area contributed by atoms with Crippen LogP contribution in [0.4, 0.5) is 0 Å². The van der Waals surface area contributed by atoms with Crippen LogP contribution in [0.5, 0.6) is 5.75 Å². The third kappa shape index (κ3) is 7.09. The van der Waals surface area contributed by atoms with E-state index in [-0.39, 0.29) is 5.91 Å². The van der Waals surface area contributed by atoms with Gasteiger partial charge in [0.05, 0.1) is 11.6 Å². The van der Waals surface area contributed by atoms with E-state index in [1.807, 2.05) is 6.07 Å². The Morgan fingerprint density at radius 3 is 2.59 bits per heavy atom.